The summed E-state index contributed by atoms with van der Waals surface area (Å²) in [5.74, 6) is 0.763. The highest BCUT2D eigenvalue weighted by molar-refractivity contribution is 5.65. The summed E-state index contributed by atoms with van der Waals surface area (Å²) < 4.78 is 40.1. The third-order valence-electron chi connectivity index (χ3n) is 3.78. The average molecular weight is 379 g/mol. The lowest BCUT2D eigenvalue weighted by atomic mass is 10.2. The molecule has 0 aliphatic rings. The molecule has 3 aromatic rings. The zero-order valence-corrected chi connectivity index (χ0v) is 15.0. The van der Waals surface area contributed by atoms with Crippen molar-refractivity contribution in [2.24, 2.45) is 0 Å². The summed E-state index contributed by atoms with van der Waals surface area (Å²) in [5.41, 5.74) is 0.0205. The Hall–Kier alpha value is -2.88. The minimum Gasteiger partial charge on any atom is -0.367 e. The standard InChI is InChI=1S/C17H20F3N7/c1-26(2)9-4-7-21-14-15-24-16(25-27(15)10-8-22-14)23-13-6-3-5-12(11-13)17(18,19)20/h3,5-6,8,10-11H,4,7,9H2,1-2H3,(H,21,22)(H,23,25). The molecule has 0 spiro atoms. The SMILES string of the molecule is CN(C)CCCNc1nccn2nc(Nc3cccc(C(F)(F)F)c3)nc12. The Morgan fingerprint density at radius 3 is 2.78 bits per heavy atom. The minimum atomic E-state index is -4.41. The van der Waals surface area contributed by atoms with Crippen LogP contribution >= 0.6 is 0 Å². The number of benzene rings is 1. The van der Waals surface area contributed by atoms with Crippen LogP contribution in [0.4, 0.5) is 30.6 Å². The first-order chi connectivity index (χ1) is 12.8. The molecule has 0 aliphatic carbocycles. The summed E-state index contributed by atoms with van der Waals surface area (Å²) in [7, 11) is 4.01. The molecule has 0 fully saturated rings. The Morgan fingerprint density at radius 1 is 1.22 bits per heavy atom. The number of nitrogens with zero attached hydrogens (tertiary/aromatic N) is 5. The maximum Gasteiger partial charge on any atom is 0.416 e. The van der Waals surface area contributed by atoms with Gasteiger partial charge in [-0.25, -0.2) is 9.50 Å². The molecule has 2 N–H and O–H groups in total. The van der Waals surface area contributed by atoms with E-state index in [-0.39, 0.29) is 11.6 Å². The second-order valence-electron chi connectivity index (χ2n) is 6.27. The number of aromatic nitrogens is 4. The minimum absolute atomic E-state index is 0.193. The molecule has 0 bridgehead atoms. The lowest BCUT2D eigenvalue weighted by Gasteiger charge is -2.10. The van der Waals surface area contributed by atoms with E-state index in [1.54, 1.807) is 12.4 Å². The zero-order valence-electron chi connectivity index (χ0n) is 15.0. The Morgan fingerprint density at radius 2 is 2.04 bits per heavy atom. The van der Waals surface area contributed by atoms with Crippen molar-refractivity contribution in [3.05, 3.63) is 42.2 Å². The van der Waals surface area contributed by atoms with Crippen LogP contribution in [-0.4, -0.2) is 51.7 Å². The number of rotatable bonds is 7. The highest BCUT2D eigenvalue weighted by Crippen LogP contribution is 2.31. The fourth-order valence-corrected chi connectivity index (χ4v) is 2.50. The van der Waals surface area contributed by atoms with E-state index < -0.39 is 11.7 Å². The summed E-state index contributed by atoms with van der Waals surface area (Å²) in [4.78, 5) is 10.7. The van der Waals surface area contributed by atoms with Crippen LogP contribution in [0.2, 0.25) is 0 Å². The van der Waals surface area contributed by atoms with Gasteiger partial charge in [-0.1, -0.05) is 6.07 Å². The van der Waals surface area contributed by atoms with E-state index in [1.807, 2.05) is 14.1 Å². The first-order valence-electron chi connectivity index (χ1n) is 8.37. The first kappa shape index (κ1) is 18.9. The molecule has 3 rings (SSSR count). The second-order valence-corrected chi connectivity index (χ2v) is 6.27. The number of fused-ring (bicyclic) bond motifs is 1. The maximum absolute atomic E-state index is 12.8. The van der Waals surface area contributed by atoms with Crippen molar-refractivity contribution in [1.82, 2.24) is 24.5 Å². The van der Waals surface area contributed by atoms with Crippen LogP contribution in [0.25, 0.3) is 5.65 Å². The molecule has 0 amide bonds. The van der Waals surface area contributed by atoms with Crippen molar-refractivity contribution in [1.29, 1.82) is 0 Å². The van der Waals surface area contributed by atoms with Crippen molar-refractivity contribution < 1.29 is 13.2 Å². The van der Waals surface area contributed by atoms with Gasteiger partial charge in [0.2, 0.25) is 5.95 Å². The normalized spacial score (nSPS) is 11.9. The molecule has 27 heavy (non-hydrogen) atoms. The fourth-order valence-electron chi connectivity index (χ4n) is 2.50. The summed E-state index contributed by atoms with van der Waals surface area (Å²) in [6, 6.07) is 4.89. The van der Waals surface area contributed by atoms with Gasteiger partial charge in [0.05, 0.1) is 5.56 Å². The predicted molar refractivity (Wildman–Crippen MR) is 97.2 cm³/mol. The van der Waals surface area contributed by atoms with Gasteiger partial charge >= 0.3 is 6.18 Å². The molecule has 0 unspecified atom stereocenters. The highest BCUT2D eigenvalue weighted by atomic mass is 19.4. The summed E-state index contributed by atoms with van der Waals surface area (Å²) in [5, 5.41) is 10.3. The quantitative estimate of drug-likeness (QED) is 0.614. The molecule has 1 aromatic carbocycles. The lowest BCUT2D eigenvalue weighted by Crippen LogP contribution is -2.16. The van der Waals surface area contributed by atoms with Gasteiger partial charge in [0.1, 0.15) is 0 Å². The van der Waals surface area contributed by atoms with Gasteiger partial charge in [-0.05, 0) is 45.3 Å². The van der Waals surface area contributed by atoms with Gasteiger partial charge in [0.25, 0.3) is 0 Å². The third-order valence-corrected chi connectivity index (χ3v) is 3.78. The maximum atomic E-state index is 12.8. The molecule has 0 atom stereocenters. The van der Waals surface area contributed by atoms with E-state index >= 15 is 0 Å². The van der Waals surface area contributed by atoms with Crippen LogP contribution in [0, 0.1) is 0 Å². The van der Waals surface area contributed by atoms with Crippen molar-refractivity contribution in [3.63, 3.8) is 0 Å². The average Bonchev–Trinajstić information content (AvgIpc) is 3.01. The molecule has 0 saturated heterocycles. The van der Waals surface area contributed by atoms with Crippen LogP contribution in [0.3, 0.4) is 0 Å². The number of alkyl halides is 3. The molecular weight excluding hydrogens is 359 g/mol. The van der Waals surface area contributed by atoms with Crippen molar-refractivity contribution in [2.45, 2.75) is 12.6 Å². The Labute approximate surface area is 154 Å². The number of hydrogen-bond donors (Lipinski definition) is 2. The monoisotopic (exact) mass is 379 g/mol. The highest BCUT2D eigenvalue weighted by Gasteiger charge is 2.30. The van der Waals surface area contributed by atoms with E-state index in [0.717, 1.165) is 25.1 Å². The van der Waals surface area contributed by atoms with Crippen LogP contribution < -0.4 is 10.6 Å². The fraction of sp³-hybridized carbons (Fsp3) is 0.353. The molecule has 10 heteroatoms. The van der Waals surface area contributed by atoms with Crippen LogP contribution in [0.5, 0.6) is 0 Å². The van der Waals surface area contributed by atoms with Crippen molar-refractivity contribution in [2.75, 3.05) is 37.8 Å². The Bertz CT molecular complexity index is 905. The molecule has 7 nitrogen and oxygen atoms in total. The van der Waals surface area contributed by atoms with Gasteiger partial charge in [0.15, 0.2) is 11.5 Å². The predicted octanol–water partition coefficient (Wildman–Crippen LogP) is 3.25. The molecular formula is C17H20F3N7. The molecule has 2 aromatic heterocycles. The largest absolute Gasteiger partial charge is 0.416 e. The van der Waals surface area contributed by atoms with Crippen LogP contribution in [-0.2, 0) is 6.18 Å². The molecule has 2 heterocycles. The van der Waals surface area contributed by atoms with E-state index in [2.05, 4.69) is 30.6 Å². The summed E-state index contributed by atoms with van der Waals surface area (Å²) in [6.45, 7) is 1.65. The van der Waals surface area contributed by atoms with Gasteiger partial charge in [-0.15, -0.1) is 5.10 Å². The van der Waals surface area contributed by atoms with E-state index in [4.69, 9.17) is 0 Å². The van der Waals surface area contributed by atoms with Crippen LogP contribution in [0.1, 0.15) is 12.0 Å². The number of hydrogen-bond acceptors (Lipinski definition) is 6. The van der Waals surface area contributed by atoms with Gasteiger partial charge in [-0.2, -0.15) is 18.2 Å². The summed E-state index contributed by atoms with van der Waals surface area (Å²) in [6.07, 6.45) is -0.258. The first-order valence-corrected chi connectivity index (χ1v) is 8.37. The van der Waals surface area contributed by atoms with E-state index in [9.17, 15) is 13.2 Å². The molecule has 0 radical (unpaired) electrons. The Kier molecular flexibility index (Phi) is 5.45. The smallest absolute Gasteiger partial charge is 0.367 e. The van der Waals surface area contributed by atoms with Crippen LogP contribution in [0.15, 0.2) is 36.7 Å². The molecule has 0 aliphatic heterocycles. The van der Waals surface area contributed by atoms with Gasteiger partial charge in [-0.3, -0.25) is 0 Å². The third kappa shape index (κ3) is 4.85. The molecule has 144 valence electrons. The number of nitrogens with one attached hydrogen (secondary N) is 2. The van der Waals surface area contributed by atoms with Crippen molar-refractivity contribution >= 4 is 23.1 Å². The lowest BCUT2D eigenvalue weighted by molar-refractivity contribution is -0.137. The number of halogens is 3. The summed E-state index contributed by atoms with van der Waals surface area (Å²) >= 11 is 0. The van der Waals surface area contributed by atoms with E-state index in [1.165, 1.54) is 16.6 Å². The van der Waals surface area contributed by atoms with Gasteiger partial charge < -0.3 is 15.5 Å². The zero-order chi connectivity index (χ0) is 19.4. The Balaban J connectivity index is 1.76. The second kappa shape index (κ2) is 7.78. The van der Waals surface area contributed by atoms with Crippen molar-refractivity contribution in [3.8, 4) is 0 Å². The van der Waals surface area contributed by atoms with E-state index in [0.29, 0.717) is 18.0 Å². The number of anilines is 3. The topological polar surface area (TPSA) is 70.4 Å². The van der Waals surface area contributed by atoms with Gasteiger partial charge in [0, 0.05) is 24.6 Å². The molecule has 0 saturated carbocycles.